The second kappa shape index (κ2) is 6.41. The zero-order valence-electron chi connectivity index (χ0n) is 11.3. The molecule has 0 bridgehead atoms. The Morgan fingerprint density at radius 1 is 1.30 bits per heavy atom. The number of nitrogens with one attached hydrogen (secondary N) is 1. The predicted molar refractivity (Wildman–Crippen MR) is 81.7 cm³/mol. The molecular weight excluding hydrogens is 272 g/mol. The molecule has 1 aromatic carbocycles. The van der Waals surface area contributed by atoms with Crippen LogP contribution in [0.2, 0.25) is 0 Å². The van der Waals surface area contributed by atoms with Gasteiger partial charge in [0.1, 0.15) is 5.60 Å². The summed E-state index contributed by atoms with van der Waals surface area (Å²) >= 11 is 1.06. The number of nitrogens with two attached hydrogens (primary N) is 1. The molecule has 4 N–H and O–H groups in total. The van der Waals surface area contributed by atoms with Crippen LogP contribution in [0.25, 0.3) is 0 Å². The van der Waals surface area contributed by atoms with E-state index in [1.807, 2.05) is 30.3 Å². The lowest BCUT2D eigenvalue weighted by Crippen LogP contribution is -2.43. The van der Waals surface area contributed by atoms with Gasteiger partial charge >= 0.3 is 0 Å². The Bertz CT molecular complexity index is 492. The third kappa shape index (κ3) is 3.22. The molecule has 0 spiro atoms. The quantitative estimate of drug-likeness (QED) is 0.454. The summed E-state index contributed by atoms with van der Waals surface area (Å²) in [5, 5.41) is 17.9. The molecule has 0 aliphatic heterocycles. The summed E-state index contributed by atoms with van der Waals surface area (Å²) in [6, 6.07) is 9.37. The molecule has 0 radical (unpaired) electrons. The second-order valence-corrected chi connectivity index (χ2v) is 6.33. The summed E-state index contributed by atoms with van der Waals surface area (Å²) in [4.78, 5) is 12.4. The normalized spacial score (nSPS) is 24.9. The minimum absolute atomic E-state index is 0.0793. The molecule has 2 rings (SSSR count). The standard InChI is InChI=1S/C15H20N2O2S/c16-14(17)20-13(11-7-3-1-4-8-11)15(19)10-6-2-5-9-12(15)18/h1,3-4,7-8,13,19H,2,5-6,9-10H2,(H3,16,17). The van der Waals surface area contributed by atoms with Crippen LogP contribution in [0.15, 0.2) is 30.3 Å². The summed E-state index contributed by atoms with van der Waals surface area (Å²) in [7, 11) is 0. The summed E-state index contributed by atoms with van der Waals surface area (Å²) in [5.41, 5.74) is 4.92. The van der Waals surface area contributed by atoms with Crippen molar-refractivity contribution >= 4 is 22.7 Å². The van der Waals surface area contributed by atoms with Crippen LogP contribution < -0.4 is 5.73 Å². The van der Waals surface area contributed by atoms with E-state index in [1.54, 1.807) is 0 Å². The fourth-order valence-electron chi connectivity index (χ4n) is 2.69. The minimum atomic E-state index is -1.42. The number of ketones is 1. The lowest BCUT2D eigenvalue weighted by molar-refractivity contribution is -0.137. The van der Waals surface area contributed by atoms with Crippen molar-refractivity contribution in [2.24, 2.45) is 5.73 Å². The van der Waals surface area contributed by atoms with Crippen molar-refractivity contribution in [3.8, 4) is 0 Å². The summed E-state index contributed by atoms with van der Waals surface area (Å²) in [5.74, 6) is -0.127. The van der Waals surface area contributed by atoms with Crippen molar-refractivity contribution in [3.05, 3.63) is 35.9 Å². The highest BCUT2D eigenvalue weighted by Gasteiger charge is 2.45. The Kier molecular flexibility index (Phi) is 4.83. The van der Waals surface area contributed by atoms with Crippen molar-refractivity contribution in [2.75, 3.05) is 0 Å². The fraction of sp³-hybridized carbons (Fsp3) is 0.467. The molecule has 1 saturated carbocycles. The van der Waals surface area contributed by atoms with Gasteiger partial charge in [-0.25, -0.2) is 0 Å². The zero-order chi connectivity index (χ0) is 14.6. The minimum Gasteiger partial charge on any atom is -0.381 e. The Labute approximate surface area is 123 Å². The van der Waals surface area contributed by atoms with Crippen molar-refractivity contribution in [3.63, 3.8) is 0 Å². The first-order chi connectivity index (χ1) is 9.54. The molecule has 1 aliphatic carbocycles. The van der Waals surface area contributed by atoms with Crippen LogP contribution in [0.1, 0.15) is 42.9 Å². The second-order valence-electron chi connectivity index (χ2n) is 5.18. The zero-order valence-corrected chi connectivity index (χ0v) is 12.2. The lowest BCUT2D eigenvalue weighted by atomic mass is 9.86. The van der Waals surface area contributed by atoms with Crippen LogP contribution >= 0.6 is 11.8 Å². The van der Waals surface area contributed by atoms with Gasteiger partial charge in [0.2, 0.25) is 0 Å². The van der Waals surface area contributed by atoms with Gasteiger partial charge in [-0.15, -0.1) is 0 Å². The molecule has 1 aromatic rings. The molecule has 108 valence electrons. The smallest absolute Gasteiger partial charge is 0.165 e. The molecule has 0 aromatic heterocycles. The van der Waals surface area contributed by atoms with E-state index >= 15 is 0 Å². The number of hydrogen-bond donors (Lipinski definition) is 3. The first-order valence-corrected chi connectivity index (χ1v) is 7.73. The van der Waals surface area contributed by atoms with Crippen LogP contribution in [0.5, 0.6) is 0 Å². The van der Waals surface area contributed by atoms with Crippen LogP contribution in [-0.4, -0.2) is 21.7 Å². The monoisotopic (exact) mass is 292 g/mol. The molecule has 0 saturated heterocycles. The average molecular weight is 292 g/mol. The molecule has 2 atom stereocenters. The fourth-order valence-corrected chi connectivity index (χ4v) is 3.68. The summed E-state index contributed by atoms with van der Waals surface area (Å²) < 4.78 is 0. The van der Waals surface area contributed by atoms with E-state index in [0.717, 1.165) is 36.6 Å². The van der Waals surface area contributed by atoms with Crippen molar-refractivity contribution < 1.29 is 9.90 Å². The van der Waals surface area contributed by atoms with E-state index in [0.29, 0.717) is 12.8 Å². The lowest BCUT2D eigenvalue weighted by Gasteiger charge is -2.33. The van der Waals surface area contributed by atoms with Gasteiger partial charge in [0.05, 0.1) is 5.25 Å². The molecule has 5 heteroatoms. The molecule has 1 aliphatic rings. The van der Waals surface area contributed by atoms with Gasteiger partial charge in [0, 0.05) is 6.42 Å². The maximum absolute atomic E-state index is 12.4. The maximum Gasteiger partial charge on any atom is 0.165 e. The van der Waals surface area contributed by atoms with E-state index < -0.39 is 10.9 Å². The van der Waals surface area contributed by atoms with Gasteiger partial charge in [-0.2, -0.15) is 0 Å². The largest absolute Gasteiger partial charge is 0.381 e. The Morgan fingerprint density at radius 3 is 2.65 bits per heavy atom. The first kappa shape index (κ1) is 15.1. The van der Waals surface area contributed by atoms with Gasteiger partial charge in [0.15, 0.2) is 11.0 Å². The molecule has 20 heavy (non-hydrogen) atoms. The van der Waals surface area contributed by atoms with Crippen LogP contribution in [0.4, 0.5) is 0 Å². The van der Waals surface area contributed by atoms with Gasteiger partial charge < -0.3 is 10.8 Å². The molecule has 1 fully saturated rings. The number of carbonyl (C=O) groups is 1. The number of aliphatic hydroxyl groups is 1. The SMILES string of the molecule is N=C(N)SC(c1ccccc1)C1(O)CCCCCC1=O. The van der Waals surface area contributed by atoms with Gasteiger partial charge in [-0.1, -0.05) is 54.9 Å². The van der Waals surface area contributed by atoms with Crippen LogP contribution in [0, 0.1) is 5.41 Å². The number of amidine groups is 1. The summed E-state index contributed by atoms with van der Waals surface area (Å²) in [6.45, 7) is 0. The molecule has 0 amide bonds. The van der Waals surface area contributed by atoms with E-state index in [-0.39, 0.29) is 11.0 Å². The Balaban J connectivity index is 2.38. The third-order valence-electron chi connectivity index (χ3n) is 3.73. The highest BCUT2D eigenvalue weighted by molar-refractivity contribution is 8.13. The molecular formula is C15H20N2O2S. The maximum atomic E-state index is 12.4. The van der Waals surface area contributed by atoms with E-state index in [4.69, 9.17) is 11.1 Å². The number of benzene rings is 1. The highest BCUT2D eigenvalue weighted by atomic mass is 32.2. The number of carbonyl (C=O) groups excluding carboxylic acids is 1. The molecule has 2 unspecified atom stereocenters. The van der Waals surface area contributed by atoms with Gasteiger partial charge in [0.25, 0.3) is 0 Å². The number of hydrogen-bond acceptors (Lipinski definition) is 4. The number of Topliss-reactive ketones (excluding diaryl/α,β-unsaturated/α-hetero) is 1. The first-order valence-electron chi connectivity index (χ1n) is 6.85. The average Bonchev–Trinajstić information content (AvgIpc) is 2.60. The van der Waals surface area contributed by atoms with Gasteiger partial charge in [-0.3, -0.25) is 10.2 Å². The van der Waals surface area contributed by atoms with E-state index in [9.17, 15) is 9.90 Å². The number of thioether (sulfide) groups is 1. The Hall–Kier alpha value is -1.33. The highest BCUT2D eigenvalue weighted by Crippen LogP contribution is 2.43. The predicted octanol–water partition coefficient (Wildman–Crippen LogP) is 2.62. The van der Waals surface area contributed by atoms with Crippen molar-refractivity contribution in [1.29, 1.82) is 5.41 Å². The Morgan fingerprint density at radius 2 is 2.00 bits per heavy atom. The molecule has 0 heterocycles. The van der Waals surface area contributed by atoms with Crippen LogP contribution in [-0.2, 0) is 4.79 Å². The summed E-state index contributed by atoms with van der Waals surface area (Å²) in [6.07, 6.45) is 3.45. The number of rotatable bonds is 3. The van der Waals surface area contributed by atoms with E-state index in [1.165, 1.54) is 0 Å². The van der Waals surface area contributed by atoms with Crippen molar-refractivity contribution in [2.45, 2.75) is 43.0 Å². The van der Waals surface area contributed by atoms with Crippen molar-refractivity contribution in [1.82, 2.24) is 0 Å². The third-order valence-corrected chi connectivity index (χ3v) is 4.88. The van der Waals surface area contributed by atoms with E-state index in [2.05, 4.69) is 0 Å². The van der Waals surface area contributed by atoms with Crippen LogP contribution in [0.3, 0.4) is 0 Å². The topological polar surface area (TPSA) is 87.2 Å². The molecule has 4 nitrogen and oxygen atoms in total. The van der Waals surface area contributed by atoms with Gasteiger partial charge in [-0.05, 0) is 18.4 Å².